The molecule has 1 aliphatic carbocycles. The van der Waals surface area contributed by atoms with E-state index < -0.39 is 8.07 Å². The van der Waals surface area contributed by atoms with Crippen LogP contribution in [0.25, 0.3) is 0 Å². The fraction of sp³-hybridized carbons (Fsp3) is 0.750. The second kappa shape index (κ2) is 7.26. The Hall–Kier alpha value is -1.01. The van der Waals surface area contributed by atoms with E-state index in [1.807, 2.05) is 6.92 Å². The summed E-state index contributed by atoms with van der Waals surface area (Å²) in [6, 6.07) is 0. The zero-order valence-corrected chi connectivity index (χ0v) is 17.1. The predicted molar refractivity (Wildman–Crippen MR) is 101 cm³/mol. The summed E-state index contributed by atoms with van der Waals surface area (Å²) in [6.07, 6.45) is 3.40. The van der Waals surface area contributed by atoms with Gasteiger partial charge in [0.15, 0.2) is 0 Å². The van der Waals surface area contributed by atoms with Gasteiger partial charge in [-0.05, 0) is 36.5 Å². The third-order valence-corrected chi connectivity index (χ3v) is 5.77. The van der Waals surface area contributed by atoms with E-state index in [-0.39, 0.29) is 16.8 Å². The molecule has 23 heavy (non-hydrogen) atoms. The van der Waals surface area contributed by atoms with Crippen LogP contribution in [0.1, 0.15) is 53.4 Å². The van der Waals surface area contributed by atoms with Crippen LogP contribution in [-0.2, 0) is 9.53 Å². The Balaban J connectivity index is 2.79. The van der Waals surface area contributed by atoms with E-state index in [0.29, 0.717) is 18.9 Å². The molecule has 0 aromatic carbocycles. The molecule has 130 valence electrons. The fourth-order valence-corrected chi connectivity index (χ4v) is 4.61. The van der Waals surface area contributed by atoms with Crippen molar-refractivity contribution < 1.29 is 9.53 Å². The fourth-order valence-electron chi connectivity index (χ4n) is 3.95. The van der Waals surface area contributed by atoms with Crippen molar-refractivity contribution in [3.8, 4) is 11.5 Å². The van der Waals surface area contributed by atoms with Crippen LogP contribution in [0.2, 0.25) is 19.6 Å². The van der Waals surface area contributed by atoms with Crippen LogP contribution in [0.15, 0.2) is 12.2 Å². The minimum absolute atomic E-state index is 0.105. The van der Waals surface area contributed by atoms with E-state index in [1.54, 1.807) is 0 Å². The van der Waals surface area contributed by atoms with Crippen LogP contribution in [-0.4, -0.2) is 20.7 Å². The van der Waals surface area contributed by atoms with Gasteiger partial charge < -0.3 is 4.74 Å². The first-order chi connectivity index (χ1) is 10.4. The van der Waals surface area contributed by atoms with Crippen molar-refractivity contribution in [2.45, 2.75) is 73.0 Å². The molecule has 0 aromatic rings. The van der Waals surface area contributed by atoms with Gasteiger partial charge in [-0.25, -0.2) is 0 Å². The van der Waals surface area contributed by atoms with Gasteiger partial charge in [0.1, 0.15) is 8.07 Å². The number of esters is 1. The molecule has 0 heterocycles. The van der Waals surface area contributed by atoms with Gasteiger partial charge in [0, 0.05) is 6.42 Å². The topological polar surface area (TPSA) is 26.3 Å². The third-order valence-electron chi connectivity index (χ3n) is 4.85. The summed E-state index contributed by atoms with van der Waals surface area (Å²) >= 11 is 0. The number of rotatable bonds is 5. The normalized spacial score (nSPS) is 26.6. The van der Waals surface area contributed by atoms with Crippen molar-refractivity contribution in [1.29, 1.82) is 0 Å². The first-order valence-electron chi connectivity index (χ1n) is 8.76. The molecule has 0 unspecified atom stereocenters. The van der Waals surface area contributed by atoms with Crippen LogP contribution < -0.4 is 0 Å². The summed E-state index contributed by atoms with van der Waals surface area (Å²) in [5, 5.41) is 0. The Labute approximate surface area is 144 Å². The lowest BCUT2D eigenvalue weighted by Crippen LogP contribution is -2.22. The Kier molecular flexibility index (Phi) is 6.32. The summed E-state index contributed by atoms with van der Waals surface area (Å²) in [7, 11) is -1.29. The van der Waals surface area contributed by atoms with Crippen LogP contribution in [0.5, 0.6) is 0 Å². The molecule has 0 radical (unpaired) electrons. The molecule has 0 aromatic heterocycles. The van der Waals surface area contributed by atoms with Crippen LogP contribution in [0, 0.1) is 28.2 Å². The first kappa shape index (κ1) is 20.0. The molecule has 2 nitrogen and oxygen atoms in total. The number of carbonyl (C=O) groups is 1. The standard InChI is InChI=1S/C20H34O2Si/c1-9-22-18(21)14-20(5)15-19(3,4)17(16(20)2)12-10-11-13-23(6,7)8/h17H,2,9-10,12,14-15H2,1,3-8H3/t17-,20+/m1/s1. The summed E-state index contributed by atoms with van der Waals surface area (Å²) in [4.78, 5) is 12.0. The van der Waals surface area contributed by atoms with Crippen molar-refractivity contribution in [1.82, 2.24) is 0 Å². The Morgan fingerprint density at radius 1 is 1.35 bits per heavy atom. The molecular formula is C20H34O2Si. The lowest BCUT2D eigenvalue weighted by atomic mass is 9.78. The second-order valence-corrected chi connectivity index (χ2v) is 13.6. The number of hydrogen-bond donors (Lipinski definition) is 0. The minimum atomic E-state index is -1.29. The molecule has 1 rings (SSSR count). The average molecular weight is 335 g/mol. The van der Waals surface area contributed by atoms with E-state index >= 15 is 0 Å². The Morgan fingerprint density at radius 2 is 1.96 bits per heavy atom. The number of carbonyl (C=O) groups excluding carboxylic acids is 1. The van der Waals surface area contributed by atoms with Crippen molar-refractivity contribution >= 4 is 14.0 Å². The summed E-state index contributed by atoms with van der Waals surface area (Å²) in [5.74, 6) is 3.70. The minimum Gasteiger partial charge on any atom is -0.466 e. The van der Waals surface area contributed by atoms with Crippen molar-refractivity contribution in [3.63, 3.8) is 0 Å². The van der Waals surface area contributed by atoms with E-state index in [9.17, 15) is 4.79 Å². The van der Waals surface area contributed by atoms with Gasteiger partial charge in [0.2, 0.25) is 0 Å². The van der Waals surface area contributed by atoms with Gasteiger partial charge in [-0.3, -0.25) is 4.79 Å². The van der Waals surface area contributed by atoms with E-state index in [4.69, 9.17) is 4.74 Å². The molecule has 2 atom stereocenters. The maximum Gasteiger partial charge on any atom is 0.306 e. The monoisotopic (exact) mass is 334 g/mol. The van der Waals surface area contributed by atoms with E-state index in [0.717, 1.165) is 19.3 Å². The first-order valence-corrected chi connectivity index (χ1v) is 12.3. The highest BCUT2D eigenvalue weighted by Gasteiger charge is 2.50. The highest BCUT2D eigenvalue weighted by Crippen LogP contribution is 2.58. The molecule has 1 saturated carbocycles. The molecule has 0 bridgehead atoms. The lowest BCUT2D eigenvalue weighted by molar-refractivity contribution is -0.145. The van der Waals surface area contributed by atoms with Gasteiger partial charge in [-0.2, -0.15) is 0 Å². The molecule has 0 saturated heterocycles. The SMILES string of the molecule is C=C1[C@@H](CCC#C[Si](C)(C)C)C(C)(C)C[C@]1(C)CC(=O)OCC. The Morgan fingerprint density at radius 3 is 2.48 bits per heavy atom. The molecule has 1 fully saturated rings. The number of hydrogen-bond acceptors (Lipinski definition) is 2. The lowest BCUT2D eigenvalue weighted by Gasteiger charge is -2.26. The molecule has 0 aliphatic heterocycles. The van der Waals surface area contributed by atoms with Crippen molar-refractivity contribution in [2.24, 2.45) is 16.7 Å². The quantitative estimate of drug-likeness (QED) is 0.298. The molecule has 3 heteroatoms. The predicted octanol–water partition coefficient (Wildman–Crippen LogP) is 5.21. The Bertz CT molecular complexity index is 516. The molecule has 0 amide bonds. The smallest absolute Gasteiger partial charge is 0.306 e. The van der Waals surface area contributed by atoms with Gasteiger partial charge in [-0.1, -0.05) is 52.6 Å². The van der Waals surface area contributed by atoms with Gasteiger partial charge in [0.25, 0.3) is 0 Å². The average Bonchev–Trinajstić information content (AvgIpc) is 2.51. The zero-order valence-electron chi connectivity index (χ0n) is 16.1. The second-order valence-electron chi connectivity index (χ2n) is 8.88. The summed E-state index contributed by atoms with van der Waals surface area (Å²) < 4.78 is 5.16. The van der Waals surface area contributed by atoms with Gasteiger partial charge in [0.05, 0.1) is 13.0 Å². The van der Waals surface area contributed by atoms with Gasteiger partial charge >= 0.3 is 5.97 Å². The van der Waals surface area contributed by atoms with E-state index in [2.05, 4.69) is 58.5 Å². The summed E-state index contributed by atoms with van der Waals surface area (Å²) in [5.41, 5.74) is 4.68. The summed E-state index contributed by atoms with van der Waals surface area (Å²) in [6.45, 7) is 20.3. The van der Waals surface area contributed by atoms with Crippen molar-refractivity contribution in [2.75, 3.05) is 6.61 Å². The molecule has 0 spiro atoms. The molecular weight excluding hydrogens is 300 g/mol. The number of allylic oxidation sites excluding steroid dienone is 1. The maximum absolute atomic E-state index is 12.0. The third kappa shape index (κ3) is 5.53. The number of ether oxygens (including phenoxy) is 1. The van der Waals surface area contributed by atoms with Crippen LogP contribution in [0.4, 0.5) is 0 Å². The largest absolute Gasteiger partial charge is 0.466 e. The molecule has 1 aliphatic rings. The highest BCUT2D eigenvalue weighted by atomic mass is 28.3. The van der Waals surface area contributed by atoms with Gasteiger partial charge in [-0.15, -0.1) is 11.5 Å². The van der Waals surface area contributed by atoms with Crippen LogP contribution in [0.3, 0.4) is 0 Å². The van der Waals surface area contributed by atoms with Crippen molar-refractivity contribution in [3.05, 3.63) is 12.2 Å². The van der Waals surface area contributed by atoms with Crippen LogP contribution >= 0.6 is 0 Å². The zero-order chi connectivity index (χ0) is 17.9. The van der Waals surface area contributed by atoms with E-state index in [1.165, 1.54) is 5.57 Å². The highest BCUT2D eigenvalue weighted by molar-refractivity contribution is 6.83. The molecule has 0 N–H and O–H groups in total. The maximum atomic E-state index is 12.0.